The molecule has 0 saturated carbocycles. The number of carbonyl (C=O) groups is 2. The quantitative estimate of drug-likeness (QED) is 0.296. The van der Waals surface area contributed by atoms with Crippen LogP contribution >= 0.6 is 11.6 Å². The largest absolute Gasteiger partial charge is 0.368 e. The number of amides is 2. The van der Waals surface area contributed by atoms with E-state index < -0.39 is 0 Å². The van der Waals surface area contributed by atoms with Crippen molar-refractivity contribution in [1.29, 1.82) is 0 Å². The van der Waals surface area contributed by atoms with E-state index in [9.17, 15) is 9.59 Å². The van der Waals surface area contributed by atoms with Gasteiger partial charge in [-0.25, -0.2) is 4.98 Å². The number of nitrogen functional groups attached to an aromatic ring is 1. The van der Waals surface area contributed by atoms with Crippen LogP contribution in [0.3, 0.4) is 0 Å². The first-order valence-electron chi connectivity index (χ1n) is 11.8. The lowest BCUT2D eigenvalue weighted by molar-refractivity contribution is -0.113. The smallest absolute Gasteiger partial charge is 0.260 e. The number of aryl methyl sites for hydroxylation is 2. The van der Waals surface area contributed by atoms with Gasteiger partial charge in [0.1, 0.15) is 5.15 Å². The highest BCUT2D eigenvalue weighted by atomic mass is 35.5. The monoisotopic (exact) mass is 511 g/mol. The number of carbonyl (C=O) groups excluding carboxylic acids is 2. The Hall–Kier alpha value is -3.70. The Labute approximate surface area is 214 Å². The molecular formula is C24H30ClN9O2. The Bertz CT molecular complexity index is 1300. The van der Waals surface area contributed by atoms with Crippen molar-refractivity contribution in [3.63, 3.8) is 0 Å². The first-order valence-corrected chi connectivity index (χ1v) is 12.1. The fraction of sp³-hybridized carbons (Fsp3) is 0.375. The van der Waals surface area contributed by atoms with E-state index in [-0.39, 0.29) is 29.5 Å². The van der Waals surface area contributed by atoms with Crippen LogP contribution in [0.1, 0.15) is 46.9 Å². The number of likely N-dealkylation sites (N-methyl/N-ethyl adjacent to an activating group) is 1. The number of nitrogens with zero attached hydrogens (tertiary/aromatic N) is 6. The first-order chi connectivity index (χ1) is 17.2. The lowest BCUT2D eigenvalue weighted by Gasteiger charge is -2.17. The molecule has 12 heteroatoms. The minimum atomic E-state index is -0.310. The summed E-state index contributed by atoms with van der Waals surface area (Å²) in [6.45, 7) is 9.48. The third-order valence-corrected chi connectivity index (χ3v) is 6.50. The van der Waals surface area contributed by atoms with Gasteiger partial charge in [-0.3, -0.25) is 19.2 Å². The van der Waals surface area contributed by atoms with Crippen LogP contribution in [0.5, 0.6) is 0 Å². The van der Waals surface area contributed by atoms with Crippen molar-refractivity contribution >= 4 is 46.8 Å². The van der Waals surface area contributed by atoms with Gasteiger partial charge in [-0.05, 0) is 38.2 Å². The number of nitrogens with two attached hydrogens (primary N) is 1. The molecule has 0 radical (unpaired) electrons. The van der Waals surface area contributed by atoms with Crippen LogP contribution in [0.2, 0.25) is 5.15 Å². The fourth-order valence-electron chi connectivity index (χ4n) is 4.12. The van der Waals surface area contributed by atoms with Crippen molar-refractivity contribution in [1.82, 2.24) is 34.9 Å². The minimum Gasteiger partial charge on any atom is -0.368 e. The normalized spacial score (nSPS) is 14.2. The lowest BCUT2D eigenvalue weighted by Crippen LogP contribution is -2.34. The van der Waals surface area contributed by atoms with E-state index in [1.54, 1.807) is 23.0 Å². The second-order valence-corrected chi connectivity index (χ2v) is 8.91. The van der Waals surface area contributed by atoms with Gasteiger partial charge in [0.25, 0.3) is 11.8 Å². The molecule has 0 bridgehead atoms. The van der Waals surface area contributed by atoms with Crippen molar-refractivity contribution in [3.8, 4) is 0 Å². The molecule has 0 saturated heterocycles. The summed E-state index contributed by atoms with van der Waals surface area (Å²) >= 11 is 6.41. The number of fused-ring (bicyclic) bond motifs is 1. The number of halogens is 1. The van der Waals surface area contributed by atoms with Gasteiger partial charge in [-0.15, -0.1) is 0 Å². The summed E-state index contributed by atoms with van der Waals surface area (Å²) in [5.41, 5.74) is 9.23. The van der Waals surface area contributed by atoms with Crippen LogP contribution < -0.4 is 16.0 Å². The molecule has 0 atom stereocenters. The van der Waals surface area contributed by atoms with E-state index in [0.29, 0.717) is 40.5 Å². The summed E-state index contributed by atoms with van der Waals surface area (Å²) in [7, 11) is 1.84. The van der Waals surface area contributed by atoms with E-state index in [0.717, 1.165) is 25.3 Å². The summed E-state index contributed by atoms with van der Waals surface area (Å²) in [6.07, 6.45) is 3.25. The van der Waals surface area contributed by atoms with Gasteiger partial charge in [0, 0.05) is 37.7 Å². The average Bonchev–Trinajstić information content (AvgIpc) is 3.50. The van der Waals surface area contributed by atoms with Crippen molar-refractivity contribution in [2.24, 2.45) is 7.05 Å². The molecule has 0 spiro atoms. The third-order valence-electron chi connectivity index (χ3n) is 6.22. The average molecular weight is 512 g/mol. The molecule has 0 fully saturated rings. The first kappa shape index (κ1) is 25.4. The fourth-order valence-corrected chi connectivity index (χ4v) is 4.39. The van der Waals surface area contributed by atoms with Crippen molar-refractivity contribution in [2.45, 2.75) is 27.3 Å². The molecule has 0 aromatic carbocycles. The molecule has 2 amide bonds. The van der Waals surface area contributed by atoms with Crippen LogP contribution in [-0.4, -0.2) is 67.6 Å². The predicted octanol–water partition coefficient (Wildman–Crippen LogP) is 2.24. The highest BCUT2D eigenvalue weighted by Crippen LogP contribution is 2.41. The van der Waals surface area contributed by atoms with E-state index in [2.05, 4.69) is 44.1 Å². The number of rotatable bonds is 9. The number of hydrogen-bond acceptors (Lipinski definition) is 7. The molecule has 4 heterocycles. The number of aromatic nitrogens is 5. The van der Waals surface area contributed by atoms with Crippen LogP contribution in [-0.2, 0) is 18.4 Å². The molecule has 4 rings (SSSR count). The summed E-state index contributed by atoms with van der Waals surface area (Å²) < 4.78 is 1.74. The van der Waals surface area contributed by atoms with Gasteiger partial charge in [0.05, 0.1) is 28.9 Å². The zero-order valence-corrected chi connectivity index (χ0v) is 21.6. The molecule has 0 unspecified atom stereocenters. The molecule has 3 aromatic heterocycles. The second-order valence-electron chi connectivity index (χ2n) is 8.55. The Morgan fingerprint density at radius 3 is 2.69 bits per heavy atom. The third kappa shape index (κ3) is 5.12. The van der Waals surface area contributed by atoms with E-state index in [1.807, 2.05) is 20.0 Å². The Morgan fingerprint density at radius 2 is 2.03 bits per heavy atom. The SMILES string of the molecule is CCN(CC)CCNC(=O)c1c[nH]c(/C=C2/C(=O)N(Cc3cc(C)n(C)n3)c3nc(N)nc(Cl)c32)c1. The Kier molecular flexibility index (Phi) is 7.41. The highest BCUT2D eigenvalue weighted by molar-refractivity contribution is 6.41. The molecule has 0 aliphatic carbocycles. The van der Waals surface area contributed by atoms with Gasteiger partial charge in [0.2, 0.25) is 5.95 Å². The van der Waals surface area contributed by atoms with Crippen LogP contribution in [0.4, 0.5) is 11.8 Å². The van der Waals surface area contributed by atoms with Crippen molar-refractivity contribution in [2.75, 3.05) is 36.8 Å². The second kappa shape index (κ2) is 10.5. The Balaban J connectivity index is 1.58. The van der Waals surface area contributed by atoms with E-state index >= 15 is 0 Å². The highest BCUT2D eigenvalue weighted by Gasteiger charge is 2.37. The van der Waals surface area contributed by atoms with Crippen LogP contribution in [0.25, 0.3) is 11.6 Å². The molecule has 1 aliphatic heterocycles. The number of aromatic amines is 1. The lowest BCUT2D eigenvalue weighted by atomic mass is 10.1. The van der Waals surface area contributed by atoms with Crippen molar-refractivity contribution in [3.05, 3.63) is 51.7 Å². The number of hydrogen-bond donors (Lipinski definition) is 3. The maximum atomic E-state index is 13.5. The maximum absolute atomic E-state index is 13.5. The van der Waals surface area contributed by atoms with E-state index in [4.69, 9.17) is 17.3 Å². The number of nitrogens with one attached hydrogen (secondary N) is 2. The Morgan fingerprint density at radius 1 is 1.28 bits per heavy atom. The van der Waals surface area contributed by atoms with Gasteiger partial charge >= 0.3 is 0 Å². The molecule has 4 N–H and O–H groups in total. The van der Waals surface area contributed by atoms with Gasteiger partial charge < -0.3 is 20.9 Å². The van der Waals surface area contributed by atoms with Gasteiger partial charge in [-0.1, -0.05) is 25.4 Å². The van der Waals surface area contributed by atoms with Crippen molar-refractivity contribution < 1.29 is 9.59 Å². The zero-order valence-electron chi connectivity index (χ0n) is 20.8. The zero-order chi connectivity index (χ0) is 26.0. The summed E-state index contributed by atoms with van der Waals surface area (Å²) in [5.74, 6) is -0.205. The summed E-state index contributed by atoms with van der Waals surface area (Å²) in [5, 5.41) is 7.45. The van der Waals surface area contributed by atoms with Crippen LogP contribution in [0.15, 0.2) is 18.3 Å². The number of anilines is 2. The molecule has 36 heavy (non-hydrogen) atoms. The van der Waals surface area contributed by atoms with Gasteiger partial charge in [0.15, 0.2) is 5.82 Å². The molecule has 1 aliphatic rings. The maximum Gasteiger partial charge on any atom is 0.260 e. The molecule has 3 aromatic rings. The predicted molar refractivity (Wildman–Crippen MR) is 139 cm³/mol. The van der Waals surface area contributed by atoms with Gasteiger partial charge in [-0.2, -0.15) is 10.1 Å². The standard InChI is InChI=1S/C24H30ClN9O2/c1-5-33(6-2)8-7-27-22(35)15-10-16(28-12-15)11-18-19-20(25)29-24(26)30-21(19)34(23(18)36)13-17-9-14(3)32(4)31-17/h9-12,28H,5-8,13H2,1-4H3,(H,27,35)(H2,26,29,30)/b18-11+. The minimum absolute atomic E-state index is 0.0291. The molecular weight excluding hydrogens is 482 g/mol. The summed E-state index contributed by atoms with van der Waals surface area (Å²) in [4.78, 5) is 41.2. The molecule has 11 nitrogen and oxygen atoms in total. The molecule has 190 valence electrons. The number of H-pyrrole nitrogens is 1. The van der Waals surface area contributed by atoms with E-state index in [1.165, 1.54) is 4.90 Å². The topological polar surface area (TPSA) is 138 Å². The van der Waals surface area contributed by atoms with Crippen LogP contribution in [0, 0.1) is 6.92 Å². The summed E-state index contributed by atoms with van der Waals surface area (Å²) in [6, 6.07) is 3.58.